The Balaban J connectivity index is 0.00000101. The van der Waals surface area contributed by atoms with E-state index >= 15 is 0 Å². The van der Waals surface area contributed by atoms with Crippen LogP contribution in [0.15, 0.2) is 0 Å². The molecule has 0 bridgehead atoms. The van der Waals surface area contributed by atoms with E-state index in [1.807, 2.05) is 0 Å². The summed E-state index contributed by atoms with van der Waals surface area (Å²) in [5.41, 5.74) is 0. The molecule has 1 aliphatic rings. The topological polar surface area (TPSA) is 57.2 Å². The average Bonchev–Trinajstić information content (AvgIpc) is 2.55. The summed E-state index contributed by atoms with van der Waals surface area (Å²) in [6.45, 7) is 10.6. The molecule has 1 rings (SSSR count). The van der Waals surface area contributed by atoms with Crippen molar-refractivity contribution >= 4 is 10.1 Å². The van der Waals surface area contributed by atoms with Crippen LogP contribution in [0.4, 0.5) is 0 Å². The Bertz CT molecular complexity index is 382. The highest BCUT2D eigenvalue weighted by molar-refractivity contribution is 7.84. The van der Waals surface area contributed by atoms with Crippen molar-refractivity contribution in [3.05, 3.63) is 0 Å². The standard InChI is InChI=1S/C19H40N.CH4O3S/c1-3-5-7-8-9-10-11-13-17-20(16-6-4-2)18-14-12-15-19-20;1-5(2,3)4/h3-19H2,1-2H3;1H3,(H,2,3,4)/q+1;/p-1. The molecule has 1 aliphatic heterocycles. The predicted octanol–water partition coefficient (Wildman–Crippen LogP) is 5.09. The van der Waals surface area contributed by atoms with Gasteiger partial charge in [0.05, 0.1) is 36.3 Å². The number of hydrogen-bond acceptors (Lipinski definition) is 3. The molecule has 4 nitrogen and oxygen atoms in total. The molecular formula is C20H43NO3S. The predicted molar refractivity (Wildman–Crippen MR) is 107 cm³/mol. The minimum absolute atomic E-state index is 0.604. The molecule has 152 valence electrons. The van der Waals surface area contributed by atoms with Gasteiger partial charge in [0.15, 0.2) is 0 Å². The van der Waals surface area contributed by atoms with Crippen LogP contribution in [-0.4, -0.2) is 49.9 Å². The fourth-order valence-corrected chi connectivity index (χ4v) is 3.82. The van der Waals surface area contributed by atoms with Crippen LogP contribution in [0.5, 0.6) is 0 Å². The second-order valence-electron chi connectivity index (χ2n) is 7.83. The van der Waals surface area contributed by atoms with Gasteiger partial charge in [0.1, 0.15) is 0 Å². The number of unbranched alkanes of at least 4 members (excludes halogenated alkanes) is 8. The Morgan fingerprint density at radius 2 is 1.12 bits per heavy atom. The zero-order chi connectivity index (χ0) is 19.0. The lowest BCUT2D eigenvalue weighted by atomic mass is 10.0. The van der Waals surface area contributed by atoms with Gasteiger partial charge in [-0.1, -0.05) is 58.8 Å². The Kier molecular flexibility index (Phi) is 14.9. The summed E-state index contributed by atoms with van der Waals surface area (Å²) in [5, 5.41) is 0. The highest BCUT2D eigenvalue weighted by Crippen LogP contribution is 2.22. The molecule has 0 aromatic heterocycles. The molecule has 0 aliphatic carbocycles. The summed E-state index contributed by atoms with van der Waals surface area (Å²) in [6, 6.07) is 0. The number of quaternary nitrogens is 1. The molecule has 5 heteroatoms. The Hall–Kier alpha value is -0.130. The van der Waals surface area contributed by atoms with Crippen molar-refractivity contribution in [2.45, 2.75) is 97.3 Å². The molecule has 0 amide bonds. The molecule has 0 unspecified atom stereocenters. The van der Waals surface area contributed by atoms with Gasteiger partial charge in [0.25, 0.3) is 0 Å². The molecule has 25 heavy (non-hydrogen) atoms. The van der Waals surface area contributed by atoms with Crippen molar-refractivity contribution in [3.8, 4) is 0 Å². The summed E-state index contributed by atoms with van der Waals surface area (Å²) in [4.78, 5) is 0. The quantitative estimate of drug-likeness (QED) is 0.270. The third-order valence-corrected chi connectivity index (χ3v) is 5.24. The lowest BCUT2D eigenvalue weighted by molar-refractivity contribution is -0.932. The Morgan fingerprint density at radius 3 is 1.60 bits per heavy atom. The van der Waals surface area contributed by atoms with E-state index < -0.39 is 10.1 Å². The van der Waals surface area contributed by atoms with E-state index in [4.69, 9.17) is 13.0 Å². The maximum Gasteiger partial charge on any atom is 0.0916 e. The van der Waals surface area contributed by atoms with Gasteiger partial charge in [-0.05, 0) is 38.5 Å². The van der Waals surface area contributed by atoms with Crippen LogP contribution >= 0.6 is 0 Å². The highest BCUT2D eigenvalue weighted by atomic mass is 32.2. The van der Waals surface area contributed by atoms with Crippen LogP contribution in [0.1, 0.15) is 97.3 Å². The van der Waals surface area contributed by atoms with Crippen LogP contribution < -0.4 is 0 Å². The van der Waals surface area contributed by atoms with Crippen LogP contribution in [-0.2, 0) is 10.1 Å². The molecule has 0 spiro atoms. The second kappa shape index (κ2) is 15.0. The Morgan fingerprint density at radius 1 is 0.720 bits per heavy atom. The van der Waals surface area contributed by atoms with Gasteiger partial charge in [0.2, 0.25) is 0 Å². The van der Waals surface area contributed by atoms with Crippen molar-refractivity contribution in [2.24, 2.45) is 0 Å². The summed E-state index contributed by atoms with van der Waals surface area (Å²) >= 11 is 0. The zero-order valence-electron chi connectivity index (χ0n) is 17.1. The number of rotatable bonds is 12. The number of likely N-dealkylation sites (tertiary alicyclic amines) is 1. The summed E-state index contributed by atoms with van der Waals surface area (Å²) in [7, 11) is -3.92. The minimum atomic E-state index is -3.92. The largest absolute Gasteiger partial charge is 0.748 e. The molecule has 0 aromatic carbocycles. The maximum absolute atomic E-state index is 9.08. The lowest BCUT2D eigenvalue weighted by Crippen LogP contribution is -2.52. The molecule has 0 saturated carbocycles. The van der Waals surface area contributed by atoms with Crippen molar-refractivity contribution in [2.75, 3.05) is 32.4 Å². The maximum atomic E-state index is 9.08. The van der Waals surface area contributed by atoms with Crippen LogP contribution in [0, 0.1) is 0 Å². The molecule has 0 atom stereocenters. The highest BCUT2D eigenvalue weighted by Gasteiger charge is 2.28. The van der Waals surface area contributed by atoms with E-state index in [1.54, 1.807) is 0 Å². The molecule has 0 aromatic rings. The van der Waals surface area contributed by atoms with Crippen LogP contribution in [0.3, 0.4) is 0 Å². The number of hydrogen-bond donors (Lipinski definition) is 0. The molecule has 0 radical (unpaired) electrons. The fourth-order valence-electron chi connectivity index (χ4n) is 3.82. The summed E-state index contributed by atoms with van der Waals surface area (Å²) < 4.78 is 28.7. The first-order chi connectivity index (χ1) is 11.8. The first-order valence-corrected chi connectivity index (χ1v) is 12.4. The third kappa shape index (κ3) is 17.1. The lowest BCUT2D eigenvalue weighted by Gasteiger charge is -2.42. The third-order valence-electron chi connectivity index (χ3n) is 5.24. The summed E-state index contributed by atoms with van der Waals surface area (Å²) in [6.07, 6.45) is 19.6. The van der Waals surface area contributed by atoms with Gasteiger partial charge in [-0.2, -0.15) is 0 Å². The van der Waals surface area contributed by atoms with E-state index in [9.17, 15) is 0 Å². The zero-order valence-corrected chi connectivity index (χ0v) is 17.9. The number of piperidine rings is 1. The average molecular weight is 378 g/mol. The molecule has 1 saturated heterocycles. The van der Waals surface area contributed by atoms with Gasteiger partial charge in [0, 0.05) is 6.26 Å². The minimum Gasteiger partial charge on any atom is -0.748 e. The summed E-state index contributed by atoms with van der Waals surface area (Å²) in [5.74, 6) is 0. The van der Waals surface area contributed by atoms with Crippen molar-refractivity contribution in [1.29, 1.82) is 0 Å². The van der Waals surface area contributed by atoms with Gasteiger partial charge in [-0.3, -0.25) is 0 Å². The Labute approximate surface area is 157 Å². The molecular weight excluding hydrogens is 334 g/mol. The first-order valence-electron chi connectivity index (χ1n) is 10.6. The SMILES string of the molecule is CCCCCCCCCC[N+]1(CCCC)CCCCC1.CS(=O)(=O)[O-]. The molecule has 1 fully saturated rings. The van der Waals surface area contributed by atoms with Gasteiger partial charge in [-0.15, -0.1) is 0 Å². The van der Waals surface area contributed by atoms with Gasteiger partial charge >= 0.3 is 0 Å². The smallest absolute Gasteiger partial charge is 0.0916 e. The van der Waals surface area contributed by atoms with E-state index in [1.165, 1.54) is 114 Å². The molecule has 1 heterocycles. The first kappa shape index (κ1) is 24.9. The fraction of sp³-hybridized carbons (Fsp3) is 1.00. The van der Waals surface area contributed by atoms with E-state index in [2.05, 4.69) is 13.8 Å². The van der Waals surface area contributed by atoms with Crippen molar-refractivity contribution < 1.29 is 17.5 Å². The van der Waals surface area contributed by atoms with Crippen LogP contribution in [0.25, 0.3) is 0 Å². The number of nitrogens with zero attached hydrogens (tertiary/aromatic N) is 1. The van der Waals surface area contributed by atoms with Crippen LogP contribution in [0.2, 0.25) is 0 Å². The van der Waals surface area contributed by atoms with Gasteiger partial charge in [-0.25, -0.2) is 8.42 Å². The monoisotopic (exact) mass is 377 g/mol. The molecule has 0 N–H and O–H groups in total. The normalized spacial score (nSPS) is 17.0. The van der Waals surface area contributed by atoms with Crippen molar-refractivity contribution in [1.82, 2.24) is 0 Å². The van der Waals surface area contributed by atoms with E-state index in [0.29, 0.717) is 6.26 Å². The van der Waals surface area contributed by atoms with Gasteiger partial charge < -0.3 is 9.04 Å². The van der Waals surface area contributed by atoms with E-state index in [0.717, 1.165) is 0 Å². The van der Waals surface area contributed by atoms with Crippen molar-refractivity contribution in [3.63, 3.8) is 0 Å². The second-order valence-corrected chi connectivity index (χ2v) is 9.24. The van der Waals surface area contributed by atoms with E-state index in [-0.39, 0.29) is 0 Å².